The Morgan fingerprint density at radius 2 is 0.963 bits per heavy atom. The minimum atomic E-state index is -1.89. The Morgan fingerprint density at radius 3 is 1.26 bits per heavy atom. The number of unbranched alkanes of at least 4 members (excludes halogenated alkanes) is 4. The van der Waals surface area contributed by atoms with E-state index in [4.69, 9.17) is 0 Å². The van der Waals surface area contributed by atoms with Gasteiger partial charge in [0.15, 0.2) is 0 Å². The van der Waals surface area contributed by atoms with E-state index in [1.807, 2.05) is 0 Å². The summed E-state index contributed by atoms with van der Waals surface area (Å²) >= 11 is 0. The maximum atomic E-state index is 2.97. The molecule has 0 aliphatic rings. The summed E-state index contributed by atoms with van der Waals surface area (Å²) in [4.78, 5) is 0. The van der Waals surface area contributed by atoms with Gasteiger partial charge < -0.3 is 0 Å². The Kier molecular flexibility index (Phi) is 13.3. The van der Waals surface area contributed by atoms with Crippen LogP contribution < -0.4 is 5.30 Å². The van der Waals surface area contributed by atoms with Gasteiger partial charge in [0.25, 0.3) is 0 Å². The zero-order chi connectivity index (χ0) is 20.0. The van der Waals surface area contributed by atoms with Gasteiger partial charge in [-0.15, -0.1) is 0 Å². The third-order valence-electron chi connectivity index (χ3n) is 5.90. The van der Waals surface area contributed by atoms with Gasteiger partial charge in [-0.25, -0.2) is 0 Å². The van der Waals surface area contributed by atoms with Crippen LogP contribution in [-0.4, -0.2) is 41.7 Å². The third kappa shape index (κ3) is 7.15. The molecule has 1 aromatic rings. The summed E-state index contributed by atoms with van der Waals surface area (Å²) in [7, 11) is -1.89. The Morgan fingerprint density at radius 1 is 0.593 bits per heavy atom. The summed E-state index contributed by atoms with van der Waals surface area (Å²) in [6, 6.07) is 11.6. The van der Waals surface area contributed by atoms with Gasteiger partial charge in [-0.05, 0) is 0 Å². The van der Waals surface area contributed by atoms with Crippen molar-refractivity contribution in [2.24, 2.45) is 0 Å². The van der Waals surface area contributed by atoms with Crippen LogP contribution >= 0.6 is 7.56 Å². The fraction of sp³-hybridized carbons (Fsp3) is 0.750. The fourth-order valence-corrected chi connectivity index (χ4v) is 9.55. The normalized spacial score (nSPS) is 12.9. The molecular formula is C24H47N2P. The molecule has 3 heteroatoms. The standard InChI is InChI=1S/C24H47N2P/c1-6-11-20-25(21-12-7-2)27(10-5,24-18-16-15-17-19-24)26(22-13-8-3)23-14-9-4/h15-19,27H,6-14,20-23H2,1-5H3. The van der Waals surface area contributed by atoms with Crippen molar-refractivity contribution in [3.8, 4) is 0 Å². The number of hydrogen-bond acceptors (Lipinski definition) is 2. The summed E-state index contributed by atoms with van der Waals surface area (Å²) in [6.45, 7) is 16.9. The first-order valence-corrected chi connectivity index (χ1v) is 13.9. The van der Waals surface area contributed by atoms with E-state index in [0.717, 1.165) is 0 Å². The molecule has 0 bridgehead atoms. The fourth-order valence-electron chi connectivity index (χ4n) is 4.28. The summed E-state index contributed by atoms with van der Waals surface area (Å²) in [6.07, 6.45) is 11.7. The molecule has 158 valence electrons. The molecule has 0 aliphatic carbocycles. The molecule has 0 N–H and O–H groups in total. The first-order valence-electron chi connectivity index (χ1n) is 11.8. The van der Waals surface area contributed by atoms with E-state index >= 15 is 0 Å². The quantitative estimate of drug-likeness (QED) is 0.287. The molecule has 0 unspecified atom stereocenters. The molecule has 0 saturated heterocycles. The summed E-state index contributed by atoms with van der Waals surface area (Å²) in [5.74, 6) is 0. The predicted molar refractivity (Wildman–Crippen MR) is 128 cm³/mol. The van der Waals surface area contributed by atoms with Crippen molar-refractivity contribution in [2.75, 3.05) is 32.3 Å². The molecule has 1 aromatic carbocycles. The van der Waals surface area contributed by atoms with E-state index in [1.165, 1.54) is 83.7 Å². The minimum absolute atomic E-state index is 1.26. The second kappa shape index (κ2) is 14.6. The molecule has 0 saturated carbocycles. The van der Waals surface area contributed by atoms with E-state index in [2.05, 4.69) is 74.3 Å². The Bertz CT molecular complexity index is 427. The van der Waals surface area contributed by atoms with Crippen LogP contribution in [0.4, 0.5) is 0 Å². The van der Waals surface area contributed by atoms with Gasteiger partial charge in [-0.3, -0.25) is 0 Å². The van der Waals surface area contributed by atoms with Gasteiger partial charge in [-0.2, -0.15) is 0 Å². The molecule has 0 radical (unpaired) electrons. The van der Waals surface area contributed by atoms with Gasteiger partial charge in [0.05, 0.1) is 0 Å². The second-order valence-corrected chi connectivity index (χ2v) is 12.1. The van der Waals surface area contributed by atoms with Crippen molar-refractivity contribution in [1.82, 2.24) is 9.34 Å². The molecule has 0 heterocycles. The molecular weight excluding hydrogens is 347 g/mol. The second-order valence-electron chi connectivity index (χ2n) is 7.92. The van der Waals surface area contributed by atoms with Gasteiger partial charge in [-0.1, -0.05) is 0 Å². The molecule has 0 spiro atoms. The van der Waals surface area contributed by atoms with E-state index < -0.39 is 7.56 Å². The number of nitrogens with zero attached hydrogens (tertiary/aromatic N) is 2. The monoisotopic (exact) mass is 394 g/mol. The van der Waals surface area contributed by atoms with Crippen LogP contribution in [0.25, 0.3) is 0 Å². The zero-order valence-electron chi connectivity index (χ0n) is 19.0. The van der Waals surface area contributed by atoms with Gasteiger partial charge in [0, 0.05) is 0 Å². The molecule has 2 nitrogen and oxygen atoms in total. The Labute approximate surface area is 171 Å². The molecule has 0 aromatic heterocycles. The zero-order valence-corrected chi connectivity index (χ0v) is 20.0. The van der Waals surface area contributed by atoms with Crippen molar-refractivity contribution in [3.63, 3.8) is 0 Å². The predicted octanol–water partition coefficient (Wildman–Crippen LogP) is 6.72. The third-order valence-corrected chi connectivity index (χ3v) is 11.1. The molecule has 0 amide bonds. The first kappa shape index (κ1) is 24.6. The van der Waals surface area contributed by atoms with Gasteiger partial charge in [0.2, 0.25) is 0 Å². The van der Waals surface area contributed by atoms with Crippen LogP contribution in [0, 0.1) is 0 Å². The van der Waals surface area contributed by atoms with E-state index in [1.54, 1.807) is 5.30 Å². The molecule has 0 atom stereocenters. The summed E-state index contributed by atoms with van der Waals surface area (Å²) in [5, 5.41) is 1.63. The SMILES string of the molecule is CCCCN(CCCC)[PH](CC)(c1ccccc1)N(CCCC)CCCC. The molecule has 0 fully saturated rings. The number of benzene rings is 1. The number of hydrogen-bond donors (Lipinski definition) is 0. The molecule has 1 rings (SSSR count). The van der Waals surface area contributed by atoms with Crippen LogP contribution in [0.3, 0.4) is 0 Å². The van der Waals surface area contributed by atoms with Crippen molar-refractivity contribution in [2.45, 2.75) is 86.0 Å². The Balaban J connectivity index is 3.39. The van der Waals surface area contributed by atoms with Crippen LogP contribution in [0.5, 0.6) is 0 Å². The van der Waals surface area contributed by atoms with Crippen LogP contribution in [0.2, 0.25) is 0 Å². The van der Waals surface area contributed by atoms with E-state index in [0.29, 0.717) is 0 Å². The van der Waals surface area contributed by atoms with Gasteiger partial charge >= 0.3 is 171 Å². The average molecular weight is 395 g/mol. The maximum absolute atomic E-state index is 2.97. The van der Waals surface area contributed by atoms with E-state index in [-0.39, 0.29) is 0 Å². The van der Waals surface area contributed by atoms with Crippen molar-refractivity contribution in [3.05, 3.63) is 30.3 Å². The van der Waals surface area contributed by atoms with Crippen molar-refractivity contribution < 1.29 is 0 Å². The van der Waals surface area contributed by atoms with Gasteiger partial charge in [0.1, 0.15) is 0 Å². The van der Waals surface area contributed by atoms with Crippen LogP contribution in [0.1, 0.15) is 86.0 Å². The van der Waals surface area contributed by atoms with Crippen molar-refractivity contribution >= 4 is 12.9 Å². The summed E-state index contributed by atoms with van der Waals surface area (Å²) < 4.78 is 5.95. The molecule has 0 aliphatic heterocycles. The molecule has 27 heavy (non-hydrogen) atoms. The average Bonchev–Trinajstić information content (AvgIpc) is 2.72. The topological polar surface area (TPSA) is 6.48 Å². The van der Waals surface area contributed by atoms with Crippen LogP contribution in [-0.2, 0) is 0 Å². The van der Waals surface area contributed by atoms with Crippen molar-refractivity contribution in [1.29, 1.82) is 0 Å². The Hall–Kier alpha value is -0.430. The first-order chi connectivity index (χ1) is 13.2. The summed E-state index contributed by atoms with van der Waals surface area (Å²) in [5.41, 5.74) is 0. The van der Waals surface area contributed by atoms with Crippen LogP contribution in [0.15, 0.2) is 30.3 Å². The van der Waals surface area contributed by atoms with E-state index in [9.17, 15) is 0 Å². The number of rotatable bonds is 16.